The highest BCUT2D eigenvalue weighted by Crippen LogP contribution is 2.22. The number of rotatable bonds is 3. The Bertz CT molecular complexity index is 481. The van der Waals surface area contributed by atoms with Gasteiger partial charge in [0, 0.05) is 13.1 Å². The molecule has 1 fully saturated rings. The molecule has 100 valence electrons. The van der Waals surface area contributed by atoms with Crippen LogP contribution in [0.25, 0.3) is 0 Å². The maximum absolute atomic E-state index is 11.4. The quantitative estimate of drug-likeness (QED) is 0.880. The van der Waals surface area contributed by atoms with Gasteiger partial charge >= 0.3 is 0 Å². The molecule has 1 aromatic rings. The smallest absolute Gasteiger partial charge is 0.152 e. The van der Waals surface area contributed by atoms with Crippen LogP contribution < -0.4 is 0 Å². The van der Waals surface area contributed by atoms with Crippen molar-refractivity contribution in [3.8, 4) is 0 Å². The molecule has 0 radical (unpaired) electrons. The molecule has 1 saturated heterocycles. The summed E-state index contributed by atoms with van der Waals surface area (Å²) >= 11 is 0. The lowest BCUT2D eigenvalue weighted by atomic mass is 10.0. The molecule has 1 aliphatic rings. The van der Waals surface area contributed by atoms with Gasteiger partial charge in [0.15, 0.2) is 9.84 Å². The minimum absolute atomic E-state index is 0.0170. The summed E-state index contributed by atoms with van der Waals surface area (Å²) in [6.45, 7) is 3.04. The van der Waals surface area contributed by atoms with Crippen LogP contribution in [-0.4, -0.2) is 49.6 Å². The molecule has 1 heterocycles. The highest BCUT2D eigenvalue weighted by molar-refractivity contribution is 7.91. The van der Waals surface area contributed by atoms with Crippen molar-refractivity contribution < 1.29 is 13.5 Å². The van der Waals surface area contributed by atoms with Gasteiger partial charge < -0.3 is 5.11 Å². The molecule has 1 atom stereocenters. The van der Waals surface area contributed by atoms with Crippen molar-refractivity contribution in [3.05, 3.63) is 35.4 Å². The molecule has 5 heteroatoms. The molecule has 0 spiro atoms. The number of nitrogens with zero attached hydrogens (tertiary/aromatic N) is 1. The molecule has 0 aliphatic carbocycles. The highest BCUT2D eigenvalue weighted by Gasteiger charge is 2.27. The lowest BCUT2D eigenvalue weighted by Gasteiger charge is -2.33. The monoisotopic (exact) mass is 269 g/mol. The predicted molar refractivity (Wildman–Crippen MR) is 71.2 cm³/mol. The number of benzene rings is 1. The molecule has 18 heavy (non-hydrogen) atoms. The van der Waals surface area contributed by atoms with E-state index in [0.717, 1.165) is 5.56 Å². The standard InChI is InChI=1S/C13H19NO3S/c1-11-2-4-12(5-3-11)13(10-15)14-6-8-18(16,17)9-7-14/h2-5,13,15H,6-10H2,1H3. The molecule has 1 aromatic carbocycles. The molecule has 1 aliphatic heterocycles. The fourth-order valence-electron chi connectivity index (χ4n) is 2.26. The maximum Gasteiger partial charge on any atom is 0.152 e. The van der Waals surface area contributed by atoms with Gasteiger partial charge in [-0.2, -0.15) is 0 Å². The van der Waals surface area contributed by atoms with Crippen molar-refractivity contribution >= 4 is 9.84 Å². The first-order valence-electron chi connectivity index (χ1n) is 6.14. The lowest BCUT2D eigenvalue weighted by Crippen LogP contribution is -2.43. The summed E-state index contributed by atoms with van der Waals surface area (Å²) in [5, 5.41) is 9.54. The molecule has 1 N–H and O–H groups in total. The Hall–Kier alpha value is -0.910. The fraction of sp³-hybridized carbons (Fsp3) is 0.538. The van der Waals surface area contributed by atoms with Gasteiger partial charge in [0.2, 0.25) is 0 Å². The first-order chi connectivity index (χ1) is 8.52. The Labute approximate surface area is 108 Å². The molecule has 4 nitrogen and oxygen atoms in total. The Morgan fingerprint density at radius 1 is 1.22 bits per heavy atom. The minimum Gasteiger partial charge on any atom is -0.394 e. The first kappa shape index (κ1) is 13.5. The fourth-order valence-corrected chi connectivity index (χ4v) is 3.49. The van der Waals surface area contributed by atoms with E-state index in [9.17, 15) is 13.5 Å². The molecule has 0 bridgehead atoms. The Balaban J connectivity index is 2.12. The van der Waals surface area contributed by atoms with Crippen LogP contribution >= 0.6 is 0 Å². The summed E-state index contributed by atoms with van der Waals surface area (Å²) in [5.41, 5.74) is 2.22. The summed E-state index contributed by atoms with van der Waals surface area (Å²) in [4.78, 5) is 2.05. The molecule has 0 aromatic heterocycles. The zero-order chi connectivity index (χ0) is 13.2. The molecule has 0 saturated carbocycles. The summed E-state index contributed by atoms with van der Waals surface area (Å²) in [5.74, 6) is 0.380. The zero-order valence-electron chi connectivity index (χ0n) is 10.5. The molecule has 2 rings (SSSR count). The number of aliphatic hydroxyl groups is 1. The van der Waals surface area contributed by atoms with Crippen molar-refractivity contribution in [3.63, 3.8) is 0 Å². The van der Waals surface area contributed by atoms with Gasteiger partial charge in [-0.1, -0.05) is 29.8 Å². The molecule has 1 unspecified atom stereocenters. The van der Waals surface area contributed by atoms with Crippen LogP contribution in [0.3, 0.4) is 0 Å². The van der Waals surface area contributed by atoms with Crippen molar-refractivity contribution in [2.24, 2.45) is 0 Å². The number of sulfone groups is 1. The summed E-state index contributed by atoms with van der Waals surface area (Å²) in [6, 6.07) is 7.93. The van der Waals surface area contributed by atoms with Gasteiger partial charge in [-0.05, 0) is 12.5 Å². The van der Waals surface area contributed by atoms with E-state index < -0.39 is 9.84 Å². The van der Waals surface area contributed by atoms with Gasteiger partial charge in [0.25, 0.3) is 0 Å². The van der Waals surface area contributed by atoms with Crippen LogP contribution in [0.4, 0.5) is 0 Å². The third-order valence-corrected chi connectivity index (χ3v) is 5.06. The van der Waals surface area contributed by atoms with Gasteiger partial charge in [-0.3, -0.25) is 4.90 Å². The van der Waals surface area contributed by atoms with Crippen molar-refractivity contribution in [2.75, 3.05) is 31.2 Å². The first-order valence-corrected chi connectivity index (χ1v) is 7.96. The van der Waals surface area contributed by atoms with Gasteiger partial charge in [0.1, 0.15) is 0 Å². The second-order valence-electron chi connectivity index (χ2n) is 4.80. The third-order valence-electron chi connectivity index (χ3n) is 3.45. The van der Waals surface area contributed by atoms with E-state index in [2.05, 4.69) is 0 Å². The number of aliphatic hydroxyl groups excluding tert-OH is 1. The average molecular weight is 269 g/mol. The average Bonchev–Trinajstić information content (AvgIpc) is 2.34. The second-order valence-corrected chi connectivity index (χ2v) is 7.10. The number of hydrogen-bond donors (Lipinski definition) is 1. The predicted octanol–water partition coefficient (Wildman–Crippen LogP) is 0.759. The van der Waals surface area contributed by atoms with E-state index in [1.165, 1.54) is 5.56 Å². The summed E-state index contributed by atoms with van der Waals surface area (Å²) < 4.78 is 22.8. The topological polar surface area (TPSA) is 57.6 Å². The van der Waals surface area contributed by atoms with Crippen LogP contribution in [0, 0.1) is 6.92 Å². The van der Waals surface area contributed by atoms with Crippen molar-refractivity contribution in [1.29, 1.82) is 0 Å². The lowest BCUT2D eigenvalue weighted by molar-refractivity contribution is 0.131. The van der Waals surface area contributed by atoms with Crippen LogP contribution in [-0.2, 0) is 9.84 Å². The van der Waals surface area contributed by atoms with Crippen molar-refractivity contribution in [1.82, 2.24) is 4.90 Å². The maximum atomic E-state index is 11.4. The Morgan fingerprint density at radius 2 is 1.78 bits per heavy atom. The van der Waals surface area contributed by atoms with Gasteiger partial charge in [-0.15, -0.1) is 0 Å². The van der Waals surface area contributed by atoms with Crippen LogP contribution in [0.1, 0.15) is 17.2 Å². The van der Waals surface area contributed by atoms with E-state index >= 15 is 0 Å². The number of aryl methyl sites for hydroxylation is 1. The highest BCUT2D eigenvalue weighted by atomic mass is 32.2. The second kappa shape index (κ2) is 5.38. The van der Waals surface area contributed by atoms with E-state index in [0.29, 0.717) is 13.1 Å². The van der Waals surface area contributed by atoms with Crippen LogP contribution in [0.15, 0.2) is 24.3 Å². The van der Waals surface area contributed by atoms with Crippen LogP contribution in [0.5, 0.6) is 0 Å². The molecular formula is C13H19NO3S. The third kappa shape index (κ3) is 3.10. The minimum atomic E-state index is -2.87. The SMILES string of the molecule is Cc1ccc(C(CO)N2CCS(=O)(=O)CC2)cc1. The zero-order valence-corrected chi connectivity index (χ0v) is 11.4. The largest absolute Gasteiger partial charge is 0.394 e. The molecular weight excluding hydrogens is 250 g/mol. The van der Waals surface area contributed by atoms with E-state index in [-0.39, 0.29) is 24.2 Å². The van der Waals surface area contributed by atoms with Gasteiger partial charge in [-0.25, -0.2) is 8.42 Å². The van der Waals surface area contributed by atoms with E-state index in [1.54, 1.807) is 0 Å². The normalized spacial score (nSPS) is 21.7. The van der Waals surface area contributed by atoms with Crippen LogP contribution in [0.2, 0.25) is 0 Å². The van der Waals surface area contributed by atoms with E-state index in [4.69, 9.17) is 0 Å². The summed E-state index contributed by atoms with van der Waals surface area (Å²) in [6.07, 6.45) is 0. The van der Waals surface area contributed by atoms with Crippen molar-refractivity contribution in [2.45, 2.75) is 13.0 Å². The Kier molecular flexibility index (Phi) is 4.04. The van der Waals surface area contributed by atoms with Gasteiger partial charge in [0.05, 0.1) is 24.2 Å². The van der Waals surface area contributed by atoms with E-state index in [1.807, 2.05) is 36.1 Å². The Morgan fingerprint density at radius 3 is 2.28 bits per heavy atom. The summed E-state index contributed by atoms with van der Waals surface area (Å²) in [7, 11) is -2.87. The number of hydrogen-bond acceptors (Lipinski definition) is 4. The molecule has 0 amide bonds.